The topological polar surface area (TPSA) is 42.0 Å². The molecule has 0 aliphatic heterocycles. The molecule has 0 unspecified atom stereocenters. The number of carbonyl (C=O) groups is 1. The molecule has 3 aromatic rings. The molecule has 3 rings (SSSR count). The molecule has 0 aliphatic carbocycles. The molecule has 1 N–H and O–H groups in total. The molecule has 0 bridgehead atoms. The smallest absolute Gasteiger partial charge is 0.256 e. The van der Waals surface area contributed by atoms with Crippen molar-refractivity contribution in [1.29, 1.82) is 0 Å². The van der Waals surface area contributed by atoms with Gasteiger partial charge in [0.1, 0.15) is 5.82 Å². The summed E-state index contributed by atoms with van der Waals surface area (Å²) in [5.74, 6) is 0.248. The van der Waals surface area contributed by atoms with Gasteiger partial charge in [-0.1, -0.05) is 47.5 Å². The monoisotopic (exact) mass is 296 g/mol. The molecule has 0 spiro atoms. The summed E-state index contributed by atoms with van der Waals surface area (Å²) in [4.78, 5) is 16.6. The first-order valence-electron chi connectivity index (χ1n) is 6.57. The number of hydrogen-bond acceptors (Lipinski definition) is 2. The maximum atomic E-state index is 12.2. The fourth-order valence-corrected chi connectivity index (χ4v) is 2.35. The van der Waals surface area contributed by atoms with Gasteiger partial charge in [0.2, 0.25) is 0 Å². The number of amides is 1. The molecular weight excluding hydrogens is 284 g/mol. The summed E-state index contributed by atoms with van der Waals surface area (Å²) in [5.41, 5.74) is 2.45. The Morgan fingerprint density at radius 1 is 1.10 bits per heavy atom. The Hall–Kier alpha value is -2.39. The van der Waals surface area contributed by atoms with Gasteiger partial charge in [-0.05, 0) is 25.1 Å². The van der Waals surface area contributed by atoms with Gasteiger partial charge >= 0.3 is 0 Å². The zero-order chi connectivity index (χ0) is 14.8. The zero-order valence-electron chi connectivity index (χ0n) is 11.4. The minimum atomic E-state index is -0.200. The van der Waals surface area contributed by atoms with E-state index < -0.39 is 0 Å². The van der Waals surface area contributed by atoms with Crippen LogP contribution in [-0.4, -0.2) is 10.9 Å². The van der Waals surface area contributed by atoms with Gasteiger partial charge < -0.3 is 5.32 Å². The van der Waals surface area contributed by atoms with E-state index in [0.717, 1.165) is 16.5 Å². The lowest BCUT2D eigenvalue weighted by Gasteiger charge is -2.07. The summed E-state index contributed by atoms with van der Waals surface area (Å²) in [6, 6.07) is 16.6. The predicted molar refractivity (Wildman–Crippen MR) is 85.9 cm³/mol. The van der Waals surface area contributed by atoms with Crippen molar-refractivity contribution in [1.82, 2.24) is 4.98 Å². The third-order valence-electron chi connectivity index (χ3n) is 3.22. The number of pyridine rings is 1. The molecule has 1 heterocycles. The van der Waals surface area contributed by atoms with Crippen LogP contribution in [0.3, 0.4) is 0 Å². The maximum absolute atomic E-state index is 12.2. The van der Waals surface area contributed by atoms with Crippen LogP contribution in [0, 0.1) is 6.92 Å². The van der Waals surface area contributed by atoms with E-state index in [2.05, 4.69) is 10.3 Å². The Bertz CT molecular complexity index is 813. The summed E-state index contributed by atoms with van der Waals surface area (Å²) in [6.45, 7) is 1.98. The molecule has 2 aromatic carbocycles. The first-order chi connectivity index (χ1) is 10.1. The summed E-state index contributed by atoms with van der Waals surface area (Å²) in [5, 5.41) is 4.21. The van der Waals surface area contributed by atoms with Gasteiger partial charge in [0.25, 0.3) is 5.91 Å². The Morgan fingerprint density at radius 2 is 1.81 bits per heavy atom. The molecule has 0 aliphatic rings. The van der Waals surface area contributed by atoms with Crippen LogP contribution in [0.15, 0.2) is 54.6 Å². The van der Waals surface area contributed by atoms with Crippen molar-refractivity contribution in [2.45, 2.75) is 6.92 Å². The third-order valence-corrected chi connectivity index (χ3v) is 3.53. The first-order valence-corrected chi connectivity index (χ1v) is 6.94. The highest BCUT2D eigenvalue weighted by Crippen LogP contribution is 2.25. The average molecular weight is 297 g/mol. The lowest BCUT2D eigenvalue weighted by molar-refractivity contribution is 0.102. The minimum Gasteiger partial charge on any atom is -0.307 e. The van der Waals surface area contributed by atoms with Crippen molar-refractivity contribution < 1.29 is 4.79 Å². The number of hydrogen-bond donors (Lipinski definition) is 1. The lowest BCUT2D eigenvalue weighted by Crippen LogP contribution is -2.12. The van der Waals surface area contributed by atoms with Crippen molar-refractivity contribution in [3.8, 4) is 0 Å². The average Bonchev–Trinajstić information content (AvgIpc) is 2.48. The van der Waals surface area contributed by atoms with E-state index in [1.807, 2.05) is 43.3 Å². The fraction of sp³-hybridized carbons (Fsp3) is 0.0588. The van der Waals surface area contributed by atoms with Crippen LogP contribution in [0.4, 0.5) is 5.82 Å². The van der Waals surface area contributed by atoms with Crippen molar-refractivity contribution >= 4 is 34.2 Å². The fourth-order valence-electron chi connectivity index (χ4n) is 2.09. The van der Waals surface area contributed by atoms with Crippen molar-refractivity contribution in [3.63, 3.8) is 0 Å². The number of aromatic nitrogens is 1. The minimum absolute atomic E-state index is 0.200. The summed E-state index contributed by atoms with van der Waals surface area (Å²) in [7, 11) is 0. The lowest BCUT2D eigenvalue weighted by atomic mass is 10.1. The van der Waals surface area contributed by atoms with Crippen LogP contribution < -0.4 is 5.32 Å². The van der Waals surface area contributed by atoms with E-state index in [1.54, 1.807) is 18.2 Å². The summed E-state index contributed by atoms with van der Waals surface area (Å²) >= 11 is 6.22. The molecule has 0 saturated carbocycles. The molecule has 0 saturated heterocycles. The Balaban J connectivity index is 1.91. The molecule has 3 nitrogen and oxygen atoms in total. The van der Waals surface area contributed by atoms with Gasteiger partial charge in [-0.2, -0.15) is 0 Å². The molecule has 1 aromatic heterocycles. The van der Waals surface area contributed by atoms with Gasteiger partial charge in [0, 0.05) is 17.0 Å². The largest absolute Gasteiger partial charge is 0.307 e. The first kappa shape index (κ1) is 13.6. The molecule has 4 heteroatoms. The number of fused-ring (bicyclic) bond motifs is 1. The second-order valence-corrected chi connectivity index (χ2v) is 5.23. The molecule has 104 valence electrons. The SMILES string of the molecule is Cc1ccc(C(=O)Nc2cc(Cl)c3ccccc3n2)cc1. The molecule has 0 radical (unpaired) electrons. The normalized spacial score (nSPS) is 10.6. The molecule has 21 heavy (non-hydrogen) atoms. The van der Waals surface area contributed by atoms with Crippen LogP contribution >= 0.6 is 11.6 Å². The third kappa shape index (κ3) is 2.88. The predicted octanol–water partition coefficient (Wildman–Crippen LogP) is 4.45. The number of para-hydroxylation sites is 1. The molecule has 0 atom stereocenters. The quantitative estimate of drug-likeness (QED) is 0.759. The van der Waals surface area contributed by atoms with Crippen molar-refractivity contribution in [3.05, 3.63) is 70.7 Å². The van der Waals surface area contributed by atoms with E-state index >= 15 is 0 Å². The number of aryl methyl sites for hydroxylation is 1. The Labute approximate surface area is 127 Å². The highest BCUT2D eigenvalue weighted by Gasteiger charge is 2.09. The molecule has 0 fully saturated rings. The number of halogens is 1. The van der Waals surface area contributed by atoms with Gasteiger partial charge in [0.05, 0.1) is 10.5 Å². The van der Waals surface area contributed by atoms with Gasteiger partial charge in [-0.25, -0.2) is 4.98 Å². The summed E-state index contributed by atoms with van der Waals surface area (Å²) in [6.07, 6.45) is 0. The highest BCUT2D eigenvalue weighted by molar-refractivity contribution is 6.35. The van der Waals surface area contributed by atoms with Gasteiger partial charge in [0.15, 0.2) is 0 Å². The van der Waals surface area contributed by atoms with Crippen LogP contribution in [-0.2, 0) is 0 Å². The standard InChI is InChI=1S/C17H13ClN2O/c1-11-6-8-12(9-7-11)17(21)20-16-10-14(18)13-4-2-3-5-15(13)19-16/h2-10H,1H3,(H,19,20,21). The highest BCUT2D eigenvalue weighted by atomic mass is 35.5. The van der Waals surface area contributed by atoms with Crippen LogP contribution in [0.1, 0.15) is 15.9 Å². The maximum Gasteiger partial charge on any atom is 0.256 e. The number of benzene rings is 2. The van der Waals surface area contributed by atoms with Crippen molar-refractivity contribution in [2.24, 2.45) is 0 Å². The second kappa shape index (κ2) is 5.54. The van der Waals surface area contributed by atoms with Crippen molar-refractivity contribution in [2.75, 3.05) is 5.32 Å². The van der Waals surface area contributed by atoms with Gasteiger partial charge in [-0.3, -0.25) is 4.79 Å². The number of anilines is 1. The number of rotatable bonds is 2. The Morgan fingerprint density at radius 3 is 2.57 bits per heavy atom. The number of nitrogens with one attached hydrogen (secondary N) is 1. The van der Waals surface area contributed by atoms with E-state index in [0.29, 0.717) is 16.4 Å². The van der Waals surface area contributed by atoms with E-state index in [-0.39, 0.29) is 5.91 Å². The van der Waals surface area contributed by atoms with E-state index in [9.17, 15) is 4.79 Å². The van der Waals surface area contributed by atoms with Crippen LogP contribution in [0.5, 0.6) is 0 Å². The zero-order valence-corrected chi connectivity index (χ0v) is 12.2. The Kier molecular flexibility index (Phi) is 3.59. The molecular formula is C17H13ClN2O. The van der Waals surface area contributed by atoms with E-state index in [1.165, 1.54) is 0 Å². The van der Waals surface area contributed by atoms with Crippen LogP contribution in [0.2, 0.25) is 5.02 Å². The van der Waals surface area contributed by atoms with Gasteiger partial charge in [-0.15, -0.1) is 0 Å². The second-order valence-electron chi connectivity index (χ2n) is 4.83. The van der Waals surface area contributed by atoms with E-state index in [4.69, 9.17) is 11.6 Å². The molecule has 1 amide bonds. The number of carbonyl (C=O) groups excluding carboxylic acids is 1. The number of nitrogens with zero attached hydrogens (tertiary/aromatic N) is 1. The summed E-state index contributed by atoms with van der Waals surface area (Å²) < 4.78 is 0. The van der Waals surface area contributed by atoms with Crippen LogP contribution in [0.25, 0.3) is 10.9 Å².